The Morgan fingerprint density at radius 2 is 1.83 bits per heavy atom. The molecule has 1 aliphatic rings. The van der Waals surface area contributed by atoms with Gasteiger partial charge in [-0.15, -0.1) is 0 Å². The van der Waals surface area contributed by atoms with Crippen LogP contribution in [0.1, 0.15) is 35.5 Å². The largest absolute Gasteiger partial charge is 0.478 e. The second kappa shape index (κ2) is 6.55. The highest BCUT2D eigenvalue weighted by molar-refractivity contribution is 6.17. The predicted octanol–water partition coefficient (Wildman–Crippen LogP) is 4.31. The molecule has 2 N–H and O–H groups in total. The van der Waals surface area contributed by atoms with Gasteiger partial charge in [-0.25, -0.2) is 13.6 Å². The SMILES string of the molecule is CC1(C)CN(C(=O)c2ccc(F)c(F)c2)C=C(C(=O)O)c2[nH]c3ccccc3c21. The molecular weight excluding hydrogens is 378 g/mol. The van der Waals surface area contributed by atoms with Crippen molar-refractivity contribution in [1.82, 2.24) is 9.88 Å². The van der Waals surface area contributed by atoms with Crippen LogP contribution in [-0.2, 0) is 10.2 Å². The molecule has 5 nitrogen and oxygen atoms in total. The molecule has 4 rings (SSSR count). The number of para-hydroxylation sites is 1. The van der Waals surface area contributed by atoms with Crippen molar-refractivity contribution in [3.05, 3.63) is 77.1 Å². The van der Waals surface area contributed by atoms with Crippen LogP contribution in [-0.4, -0.2) is 33.4 Å². The van der Waals surface area contributed by atoms with E-state index in [0.717, 1.165) is 28.6 Å². The van der Waals surface area contributed by atoms with Gasteiger partial charge in [0.2, 0.25) is 0 Å². The zero-order chi connectivity index (χ0) is 20.9. The van der Waals surface area contributed by atoms with Gasteiger partial charge in [-0.2, -0.15) is 0 Å². The number of carbonyl (C=O) groups excluding carboxylic acids is 1. The minimum Gasteiger partial charge on any atom is -0.478 e. The van der Waals surface area contributed by atoms with Gasteiger partial charge in [-0.3, -0.25) is 4.79 Å². The van der Waals surface area contributed by atoms with Gasteiger partial charge in [-0.1, -0.05) is 32.0 Å². The molecule has 7 heteroatoms. The van der Waals surface area contributed by atoms with Gasteiger partial charge in [0, 0.05) is 34.6 Å². The number of halogens is 2. The lowest BCUT2D eigenvalue weighted by atomic mass is 9.81. The molecule has 0 atom stereocenters. The van der Waals surface area contributed by atoms with Crippen molar-refractivity contribution in [2.75, 3.05) is 6.54 Å². The third kappa shape index (κ3) is 3.08. The Hall–Kier alpha value is -3.48. The molecular formula is C22H18F2N2O3. The summed E-state index contributed by atoms with van der Waals surface area (Å²) >= 11 is 0. The molecule has 0 spiro atoms. The molecule has 148 valence electrons. The first kappa shape index (κ1) is 18.9. The van der Waals surface area contributed by atoms with Crippen molar-refractivity contribution in [1.29, 1.82) is 0 Å². The number of aromatic amines is 1. The maximum Gasteiger partial charge on any atom is 0.339 e. The third-order valence-electron chi connectivity index (χ3n) is 5.16. The lowest BCUT2D eigenvalue weighted by Gasteiger charge is -2.29. The summed E-state index contributed by atoms with van der Waals surface area (Å²) in [5.74, 6) is -3.99. The maximum atomic E-state index is 13.6. The molecule has 29 heavy (non-hydrogen) atoms. The van der Waals surface area contributed by atoms with E-state index in [-0.39, 0.29) is 17.7 Å². The highest BCUT2D eigenvalue weighted by Crippen LogP contribution is 2.40. The van der Waals surface area contributed by atoms with Crippen molar-refractivity contribution >= 4 is 28.4 Å². The summed E-state index contributed by atoms with van der Waals surface area (Å²) in [6.07, 6.45) is 1.26. The maximum absolute atomic E-state index is 13.6. The van der Waals surface area contributed by atoms with Gasteiger partial charge >= 0.3 is 5.97 Å². The molecule has 2 heterocycles. The molecule has 3 aromatic rings. The predicted molar refractivity (Wildman–Crippen MR) is 104 cm³/mol. The monoisotopic (exact) mass is 396 g/mol. The first-order valence-corrected chi connectivity index (χ1v) is 9.02. The van der Waals surface area contributed by atoms with E-state index in [4.69, 9.17) is 0 Å². The number of nitrogens with one attached hydrogen (secondary N) is 1. The van der Waals surface area contributed by atoms with Crippen LogP contribution in [0.3, 0.4) is 0 Å². The number of rotatable bonds is 2. The third-order valence-corrected chi connectivity index (χ3v) is 5.16. The first-order valence-electron chi connectivity index (χ1n) is 9.02. The number of carboxylic acids is 1. The van der Waals surface area contributed by atoms with Gasteiger partial charge in [-0.05, 0) is 29.8 Å². The number of hydrogen-bond acceptors (Lipinski definition) is 2. The summed E-state index contributed by atoms with van der Waals surface area (Å²) in [6.45, 7) is 3.99. The van der Waals surface area contributed by atoms with Crippen LogP contribution in [0.25, 0.3) is 16.5 Å². The van der Waals surface area contributed by atoms with Crippen LogP contribution in [0.5, 0.6) is 0 Å². The minimum atomic E-state index is -1.20. The fourth-order valence-electron chi connectivity index (χ4n) is 3.91. The van der Waals surface area contributed by atoms with Gasteiger partial charge in [0.15, 0.2) is 11.6 Å². The lowest BCUT2D eigenvalue weighted by Crippen LogP contribution is -2.37. The Bertz CT molecular complexity index is 1190. The highest BCUT2D eigenvalue weighted by Gasteiger charge is 2.37. The second-order valence-electron chi connectivity index (χ2n) is 7.71. The van der Waals surface area contributed by atoms with Crippen LogP contribution < -0.4 is 0 Å². The molecule has 1 aromatic heterocycles. The number of nitrogens with zero attached hydrogens (tertiary/aromatic N) is 1. The molecule has 1 aliphatic heterocycles. The second-order valence-corrected chi connectivity index (χ2v) is 7.71. The quantitative estimate of drug-likeness (QED) is 0.678. The topological polar surface area (TPSA) is 73.4 Å². The van der Waals surface area contributed by atoms with E-state index in [1.807, 2.05) is 38.1 Å². The van der Waals surface area contributed by atoms with Crippen LogP contribution in [0, 0.1) is 11.6 Å². The summed E-state index contributed by atoms with van der Waals surface area (Å²) in [5, 5.41) is 10.7. The number of fused-ring (bicyclic) bond motifs is 3. The van der Waals surface area contributed by atoms with E-state index in [9.17, 15) is 23.5 Å². The molecule has 0 unspecified atom stereocenters. The summed E-state index contributed by atoms with van der Waals surface area (Å²) < 4.78 is 26.9. The summed E-state index contributed by atoms with van der Waals surface area (Å²) in [7, 11) is 0. The molecule has 0 radical (unpaired) electrons. The summed E-state index contributed by atoms with van der Waals surface area (Å²) in [4.78, 5) is 29.4. The van der Waals surface area contributed by atoms with E-state index < -0.39 is 28.9 Å². The van der Waals surface area contributed by atoms with Crippen molar-refractivity contribution < 1.29 is 23.5 Å². The van der Waals surface area contributed by atoms with Crippen molar-refractivity contribution in [2.24, 2.45) is 0 Å². The minimum absolute atomic E-state index is 0.0592. The Morgan fingerprint density at radius 3 is 2.52 bits per heavy atom. The highest BCUT2D eigenvalue weighted by atomic mass is 19.2. The average molecular weight is 396 g/mol. The smallest absolute Gasteiger partial charge is 0.339 e. The molecule has 1 amide bonds. The average Bonchev–Trinajstić information content (AvgIpc) is 3.01. The molecule has 2 aromatic carbocycles. The van der Waals surface area contributed by atoms with E-state index >= 15 is 0 Å². The van der Waals surface area contributed by atoms with Crippen LogP contribution in [0.2, 0.25) is 0 Å². The molecule has 0 fully saturated rings. The number of benzene rings is 2. The van der Waals surface area contributed by atoms with Gasteiger partial charge < -0.3 is 15.0 Å². The van der Waals surface area contributed by atoms with Crippen molar-refractivity contribution in [3.63, 3.8) is 0 Å². The lowest BCUT2D eigenvalue weighted by molar-refractivity contribution is -0.130. The van der Waals surface area contributed by atoms with E-state index in [0.29, 0.717) is 5.69 Å². The first-order chi connectivity index (χ1) is 13.7. The van der Waals surface area contributed by atoms with E-state index in [2.05, 4.69) is 4.98 Å². The Kier molecular flexibility index (Phi) is 4.26. The Labute approximate surface area is 165 Å². The van der Waals surface area contributed by atoms with Crippen LogP contribution >= 0.6 is 0 Å². The molecule has 0 saturated carbocycles. The summed E-state index contributed by atoms with van der Waals surface area (Å²) in [5.41, 5.74) is 1.29. The number of aliphatic carboxylic acids is 1. The van der Waals surface area contributed by atoms with Crippen LogP contribution in [0.15, 0.2) is 48.7 Å². The van der Waals surface area contributed by atoms with E-state index in [1.54, 1.807) is 0 Å². The molecule has 0 saturated heterocycles. The fraction of sp³-hybridized carbons (Fsp3) is 0.182. The normalized spacial score (nSPS) is 15.6. The number of carboxylic acid groups (broad SMARTS) is 1. The Balaban J connectivity index is 1.88. The zero-order valence-corrected chi connectivity index (χ0v) is 15.8. The molecule has 0 bridgehead atoms. The number of hydrogen-bond donors (Lipinski definition) is 2. The number of H-pyrrole nitrogens is 1. The number of amides is 1. The number of aromatic nitrogens is 1. The van der Waals surface area contributed by atoms with E-state index in [1.165, 1.54) is 17.2 Å². The molecule has 0 aliphatic carbocycles. The summed E-state index contributed by atoms with van der Waals surface area (Å²) in [6, 6.07) is 10.4. The van der Waals surface area contributed by atoms with Gasteiger partial charge in [0.05, 0.1) is 11.3 Å². The van der Waals surface area contributed by atoms with Crippen LogP contribution in [0.4, 0.5) is 8.78 Å². The number of carbonyl (C=O) groups is 2. The van der Waals surface area contributed by atoms with Gasteiger partial charge in [0.25, 0.3) is 5.91 Å². The zero-order valence-electron chi connectivity index (χ0n) is 15.8. The van der Waals surface area contributed by atoms with Gasteiger partial charge in [0.1, 0.15) is 0 Å². The fourth-order valence-corrected chi connectivity index (χ4v) is 3.91. The van der Waals surface area contributed by atoms with Crippen molar-refractivity contribution in [2.45, 2.75) is 19.3 Å². The standard InChI is InChI=1S/C22H18F2N2O3/c1-22(2)11-26(20(27)12-7-8-15(23)16(24)9-12)10-14(21(28)29)19-18(22)13-5-3-4-6-17(13)25-19/h3-10,25H,11H2,1-2H3,(H,28,29). The Morgan fingerprint density at radius 1 is 1.10 bits per heavy atom. The van der Waals surface area contributed by atoms with Crippen molar-refractivity contribution in [3.8, 4) is 0 Å².